The topological polar surface area (TPSA) is 53.7 Å². The third-order valence-corrected chi connectivity index (χ3v) is 3.68. The Morgan fingerprint density at radius 2 is 1.62 bits per heavy atom. The van der Waals surface area contributed by atoms with Crippen molar-refractivity contribution in [3.63, 3.8) is 0 Å². The normalized spacial score (nSPS) is 10.0. The molecule has 0 atom stereocenters. The fourth-order valence-electron chi connectivity index (χ4n) is 2.18. The van der Waals surface area contributed by atoms with Gasteiger partial charge in [0.2, 0.25) is 0 Å². The van der Waals surface area contributed by atoms with Gasteiger partial charge in [0, 0.05) is 0 Å². The van der Waals surface area contributed by atoms with Crippen LogP contribution in [0.1, 0.15) is 37.8 Å². The average Bonchev–Trinajstić information content (AvgIpc) is 2.54. The maximum atomic E-state index is 5.99. The Morgan fingerprint density at radius 1 is 1.04 bits per heavy atom. The Kier molecular flexibility index (Phi) is 13.3. The first-order chi connectivity index (χ1) is 11.1. The highest BCUT2D eigenvalue weighted by atomic mass is 35.5. The molecule has 0 unspecified atom stereocenters. The monoisotopic (exact) mass is 397 g/mol. The molecule has 0 aliphatic heterocycles. The van der Waals surface area contributed by atoms with E-state index in [-0.39, 0.29) is 16.9 Å². The van der Waals surface area contributed by atoms with Crippen molar-refractivity contribution in [2.45, 2.75) is 39.5 Å². The fourth-order valence-corrected chi connectivity index (χ4v) is 2.30. The number of ether oxygens (including phenoxy) is 2. The number of halogens is 3. The summed E-state index contributed by atoms with van der Waals surface area (Å²) in [6.07, 6.45) is 5.15. The molecule has 138 valence electrons. The van der Waals surface area contributed by atoms with Crippen molar-refractivity contribution in [1.82, 2.24) is 0 Å². The van der Waals surface area contributed by atoms with E-state index in [1.54, 1.807) is 6.08 Å². The molecule has 0 saturated heterocycles. The Morgan fingerprint density at radius 3 is 2.12 bits per heavy atom. The Hall–Kier alpha value is -0.650. The molecule has 0 bridgehead atoms. The van der Waals surface area contributed by atoms with E-state index in [1.807, 2.05) is 12.1 Å². The lowest BCUT2D eigenvalue weighted by Crippen LogP contribution is -2.07. The summed E-state index contributed by atoms with van der Waals surface area (Å²) in [6, 6.07) is 4.01. The molecular formula is C17H26Cl3NO3. The van der Waals surface area contributed by atoms with Crippen LogP contribution in [0, 0.1) is 0 Å². The summed E-state index contributed by atoms with van der Waals surface area (Å²) in [7, 11) is 0. The van der Waals surface area contributed by atoms with Crippen LogP contribution < -0.4 is 15.4 Å². The first-order valence-corrected chi connectivity index (χ1v) is 8.62. The molecule has 0 heterocycles. The van der Waals surface area contributed by atoms with E-state index < -0.39 is 0 Å². The second-order valence-corrected chi connectivity index (χ2v) is 6.02. The molecule has 0 aliphatic rings. The molecule has 0 fully saturated rings. The SMILES string of the molecule is CCc1cc(OCC=C(Cl)Cl)cc(CC)c1OCCCCON.Cl. The largest absolute Gasteiger partial charge is 0.493 e. The van der Waals surface area contributed by atoms with Crippen LogP contribution in [0.5, 0.6) is 11.5 Å². The van der Waals surface area contributed by atoms with Gasteiger partial charge in [0.1, 0.15) is 22.6 Å². The molecule has 4 nitrogen and oxygen atoms in total. The van der Waals surface area contributed by atoms with E-state index in [4.69, 9.17) is 38.6 Å². The molecule has 0 radical (unpaired) electrons. The van der Waals surface area contributed by atoms with Crippen LogP contribution in [0.15, 0.2) is 22.7 Å². The van der Waals surface area contributed by atoms with Crippen molar-refractivity contribution >= 4 is 35.6 Å². The van der Waals surface area contributed by atoms with E-state index >= 15 is 0 Å². The number of nitrogens with two attached hydrogens (primary N) is 1. The van der Waals surface area contributed by atoms with Crippen LogP contribution in [-0.4, -0.2) is 19.8 Å². The molecule has 0 aliphatic carbocycles. The number of benzene rings is 1. The smallest absolute Gasteiger partial charge is 0.125 e. The zero-order chi connectivity index (χ0) is 17.1. The molecule has 0 saturated carbocycles. The lowest BCUT2D eigenvalue weighted by atomic mass is 10.0. The molecule has 0 aromatic heterocycles. The van der Waals surface area contributed by atoms with Gasteiger partial charge in [0.25, 0.3) is 0 Å². The molecule has 0 spiro atoms. The summed E-state index contributed by atoms with van der Waals surface area (Å²) >= 11 is 11.2. The van der Waals surface area contributed by atoms with Crippen LogP contribution in [0.4, 0.5) is 0 Å². The zero-order valence-electron chi connectivity index (χ0n) is 14.1. The van der Waals surface area contributed by atoms with Gasteiger partial charge in [-0.2, -0.15) is 0 Å². The molecule has 1 aromatic carbocycles. The van der Waals surface area contributed by atoms with Crippen molar-refractivity contribution in [1.29, 1.82) is 0 Å². The summed E-state index contributed by atoms with van der Waals surface area (Å²) in [5.41, 5.74) is 2.27. The first kappa shape index (κ1) is 23.4. The number of unbranched alkanes of at least 4 members (excludes halogenated alkanes) is 1. The lowest BCUT2D eigenvalue weighted by molar-refractivity contribution is 0.129. The summed E-state index contributed by atoms with van der Waals surface area (Å²) in [5.74, 6) is 6.77. The Bertz CT molecular complexity index is 481. The molecule has 1 aromatic rings. The van der Waals surface area contributed by atoms with E-state index in [2.05, 4.69) is 18.7 Å². The maximum Gasteiger partial charge on any atom is 0.125 e. The average molecular weight is 399 g/mol. The van der Waals surface area contributed by atoms with Crippen LogP contribution in [0.3, 0.4) is 0 Å². The highest BCUT2D eigenvalue weighted by molar-refractivity contribution is 6.55. The van der Waals surface area contributed by atoms with Gasteiger partial charge in [0.05, 0.1) is 13.2 Å². The summed E-state index contributed by atoms with van der Waals surface area (Å²) in [4.78, 5) is 4.56. The minimum Gasteiger partial charge on any atom is -0.493 e. The van der Waals surface area contributed by atoms with E-state index in [0.29, 0.717) is 19.8 Å². The minimum absolute atomic E-state index is 0. The number of aryl methyl sites for hydroxylation is 2. The van der Waals surface area contributed by atoms with Gasteiger partial charge >= 0.3 is 0 Å². The molecule has 2 N–H and O–H groups in total. The third kappa shape index (κ3) is 8.45. The molecular weight excluding hydrogens is 373 g/mol. The van der Waals surface area contributed by atoms with Gasteiger partial charge in [-0.1, -0.05) is 37.0 Å². The highest BCUT2D eigenvalue weighted by Crippen LogP contribution is 2.31. The molecule has 24 heavy (non-hydrogen) atoms. The second-order valence-electron chi connectivity index (χ2n) is 5.01. The van der Waals surface area contributed by atoms with E-state index in [1.165, 1.54) is 0 Å². The fraction of sp³-hybridized carbons (Fsp3) is 0.529. The van der Waals surface area contributed by atoms with Crippen LogP contribution in [0.2, 0.25) is 0 Å². The molecule has 1 rings (SSSR count). The highest BCUT2D eigenvalue weighted by Gasteiger charge is 2.11. The maximum absolute atomic E-state index is 5.99. The standard InChI is InChI=1S/C17H25Cl2NO3.ClH/c1-3-13-11-15(21-10-7-16(18)19)12-14(4-2)17(13)22-8-5-6-9-23-20;/h7,11-12H,3-6,8-10,20H2,1-2H3;1H. The van der Waals surface area contributed by atoms with Gasteiger partial charge in [-0.15, -0.1) is 12.4 Å². The van der Waals surface area contributed by atoms with Gasteiger partial charge in [-0.05, 0) is 55.0 Å². The van der Waals surface area contributed by atoms with Gasteiger partial charge in [0.15, 0.2) is 0 Å². The summed E-state index contributed by atoms with van der Waals surface area (Å²) in [6.45, 7) is 5.74. The Labute approximate surface area is 160 Å². The predicted molar refractivity (Wildman–Crippen MR) is 103 cm³/mol. The quantitative estimate of drug-likeness (QED) is 0.422. The summed E-state index contributed by atoms with van der Waals surface area (Å²) < 4.78 is 11.9. The number of hydrogen-bond donors (Lipinski definition) is 1. The van der Waals surface area contributed by atoms with Crippen LogP contribution in [0.25, 0.3) is 0 Å². The van der Waals surface area contributed by atoms with Crippen molar-refractivity contribution < 1.29 is 14.3 Å². The lowest BCUT2D eigenvalue weighted by Gasteiger charge is -2.17. The molecule has 0 amide bonds. The van der Waals surface area contributed by atoms with Crippen molar-refractivity contribution in [2.24, 2.45) is 5.90 Å². The van der Waals surface area contributed by atoms with Gasteiger partial charge in [-0.25, -0.2) is 5.90 Å². The van der Waals surface area contributed by atoms with E-state index in [9.17, 15) is 0 Å². The van der Waals surface area contributed by atoms with Crippen molar-refractivity contribution in [3.05, 3.63) is 33.8 Å². The minimum atomic E-state index is 0. The van der Waals surface area contributed by atoms with Gasteiger partial charge < -0.3 is 14.3 Å². The van der Waals surface area contributed by atoms with Crippen LogP contribution >= 0.6 is 35.6 Å². The first-order valence-electron chi connectivity index (χ1n) is 7.86. The van der Waals surface area contributed by atoms with Crippen LogP contribution in [-0.2, 0) is 17.7 Å². The second kappa shape index (κ2) is 13.6. The summed E-state index contributed by atoms with van der Waals surface area (Å²) in [5, 5.41) is 0. The molecule has 7 heteroatoms. The van der Waals surface area contributed by atoms with Crippen molar-refractivity contribution in [3.8, 4) is 11.5 Å². The predicted octanol–water partition coefficient (Wildman–Crippen LogP) is 4.98. The van der Waals surface area contributed by atoms with Gasteiger partial charge in [-0.3, -0.25) is 0 Å². The number of rotatable bonds is 11. The van der Waals surface area contributed by atoms with Crippen molar-refractivity contribution in [2.75, 3.05) is 19.8 Å². The third-order valence-electron chi connectivity index (χ3n) is 3.37. The van der Waals surface area contributed by atoms with E-state index in [0.717, 1.165) is 48.3 Å². The Balaban J connectivity index is 0.00000529. The zero-order valence-corrected chi connectivity index (χ0v) is 16.5. The number of hydrogen-bond acceptors (Lipinski definition) is 4.